The predicted molar refractivity (Wildman–Crippen MR) is 135 cm³/mol. The Morgan fingerprint density at radius 3 is 2.50 bits per heavy atom. The van der Waals surface area contributed by atoms with E-state index in [0.29, 0.717) is 53.3 Å². The Morgan fingerprint density at radius 1 is 1.12 bits per heavy atom. The van der Waals surface area contributed by atoms with Gasteiger partial charge in [-0.3, -0.25) is 4.79 Å². The fourth-order valence-electron chi connectivity index (χ4n) is 3.90. The molecule has 3 aromatic rings. The summed E-state index contributed by atoms with van der Waals surface area (Å²) in [6.45, 7) is 4.44. The molecule has 1 aromatic heterocycles. The molecule has 1 fully saturated rings. The average molecular weight is 543 g/mol. The van der Waals surface area contributed by atoms with Crippen molar-refractivity contribution in [2.45, 2.75) is 37.6 Å². The van der Waals surface area contributed by atoms with Crippen LogP contribution in [0.2, 0.25) is 10.0 Å². The van der Waals surface area contributed by atoms with Crippen molar-refractivity contribution in [2.24, 2.45) is 4.99 Å². The van der Waals surface area contributed by atoms with E-state index in [1.165, 1.54) is 39.9 Å². The lowest BCUT2D eigenvalue weighted by Gasteiger charge is -2.25. The molecule has 4 rings (SSSR count). The molecule has 182 valence electrons. The molecule has 0 saturated carbocycles. The van der Waals surface area contributed by atoms with E-state index in [4.69, 9.17) is 27.9 Å². The molecule has 1 aliphatic heterocycles. The number of sulfonamides is 1. The molecule has 11 heteroatoms. The van der Waals surface area contributed by atoms with Gasteiger partial charge in [0.25, 0.3) is 5.91 Å². The number of rotatable bonds is 7. The van der Waals surface area contributed by atoms with Crippen molar-refractivity contribution in [1.29, 1.82) is 0 Å². The Kier molecular flexibility index (Phi) is 8.12. The highest BCUT2D eigenvalue weighted by Crippen LogP contribution is 2.30. The summed E-state index contributed by atoms with van der Waals surface area (Å²) in [4.78, 5) is 17.9. The molecule has 0 aliphatic carbocycles. The molecule has 1 aliphatic rings. The highest BCUT2D eigenvalue weighted by molar-refractivity contribution is 7.89. The molecule has 1 amide bonds. The van der Waals surface area contributed by atoms with Crippen LogP contribution < -0.4 is 4.80 Å². The lowest BCUT2D eigenvalue weighted by atomic mass is 10.2. The first-order valence-electron chi connectivity index (χ1n) is 11.1. The van der Waals surface area contributed by atoms with Gasteiger partial charge in [-0.2, -0.15) is 9.30 Å². The molecule has 0 radical (unpaired) electrons. The third-order valence-electron chi connectivity index (χ3n) is 5.61. The van der Waals surface area contributed by atoms with E-state index in [9.17, 15) is 13.2 Å². The minimum absolute atomic E-state index is 0.181. The first-order valence-corrected chi connectivity index (χ1v) is 14.1. The molecule has 0 bridgehead atoms. The van der Waals surface area contributed by atoms with Gasteiger partial charge in [-0.05, 0) is 56.2 Å². The van der Waals surface area contributed by atoms with Crippen LogP contribution in [0, 0.1) is 0 Å². The maximum absolute atomic E-state index is 13.0. The zero-order valence-electron chi connectivity index (χ0n) is 18.7. The van der Waals surface area contributed by atoms with Gasteiger partial charge in [0.15, 0.2) is 4.80 Å². The van der Waals surface area contributed by atoms with E-state index in [1.54, 1.807) is 12.1 Å². The van der Waals surface area contributed by atoms with Crippen LogP contribution in [0.5, 0.6) is 0 Å². The molecule has 0 N–H and O–H groups in total. The SMILES string of the molecule is CCOCCn1c(=NC(=O)c2ccc(S(=O)(=O)N3CCCCC3)cc2)sc2cc(Cl)cc(Cl)c21. The summed E-state index contributed by atoms with van der Waals surface area (Å²) in [5.74, 6) is -0.471. The van der Waals surface area contributed by atoms with Crippen molar-refractivity contribution in [3.8, 4) is 0 Å². The normalized spacial score (nSPS) is 15.8. The molecular weight excluding hydrogens is 517 g/mol. The van der Waals surface area contributed by atoms with Crippen molar-refractivity contribution >= 4 is 60.7 Å². The number of nitrogens with zero attached hydrogens (tertiary/aromatic N) is 3. The summed E-state index contributed by atoms with van der Waals surface area (Å²) in [5, 5.41) is 0.968. The minimum Gasteiger partial charge on any atom is -0.380 e. The largest absolute Gasteiger partial charge is 0.380 e. The number of aromatic nitrogens is 1. The van der Waals surface area contributed by atoms with E-state index >= 15 is 0 Å². The van der Waals surface area contributed by atoms with E-state index in [-0.39, 0.29) is 4.90 Å². The van der Waals surface area contributed by atoms with Crippen LogP contribution in [0.4, 0.5) is 0 Å². The van der Waals surface area contributed by atoms with Crippen LogP contribution in [0.3, 0.4) is 0 Å². The Bertz CT molecular complexity index is 1360. The van der Waals surface area contributed by atoms with Gasteiger partial charge in [0, 0.05) is 36.8 Å². The summed E-state index contributed by atoms with van der Waals surface area (Å²) in [7, 11) is -3.56. The van der Waals surface area contributed by atoms with Crippen LogP contribution in [0.1, 0.15) is 36.5 Å². The highest BCUT2D eigenvalue weighted by Gasteiger charge is 2.26. The van der Waals surface area contributed by atoms with Gasteiger partial charge < -0.3 is 9.30 Å². The van der Waals surface area contributed by atoms with Gasteiger partial charge in [-0.25, -0.2) is 8.42 Å². The van der Waals surface area contributed by atoms with Crippen LogP contribution in [-0.2, 0) is 21.3 Å². The fraction of sp³-hybridized carbons (Fsp3) is 0.391. The quantitative estimate of drug-likeness (QED) is 0.396. The molecule has 2 heterocycles. The molecule has 0 atom stereocenters. The number of halogens is 2. The average Bonchev–Trinajstić information content (AvgIpc) is 3.16. The van der Waals surface area contributed by atoms with Gasteiger partial charge in [0.05, 0.1) is 26.7 Å². The Hall–Kier alpha value is -1.75. The molecule has 34 heavy (non-hydrogen) atoms. The molecule has 0 unspecified atom stereocenters. The molecule has 0 spiro atoms. The number of amides is 1. The number of carbonyl (C=O) groups is 1. The maximum atomic E-state index is 13.0. The number of ether oxygens (including phenoxy) is 1. The van der Waals surface area contributed by atoms with Gasteiger partial charge in [-0.1, -0.05) is 41.0 Å². The fourth-order valence-corrected chi connectivity index (χ4v) is 7.25. The Balaban J connectivity index is 1.66. The highest BCUT2D eigenvalue weighted by atomic mass is 35.5. The Morgan fingerprint density at radius 2 is 1.82 bits per heavy atom. The molecular formula is C23H25Cl2N3O4S2. The lowest BCUT2D eigenvalue weighted by molar-refractivity contribution is 0.0996. The second kappa shape index (κ2) is 10.9. The number of carbonyl (C=O) groups excluding carboxylic acids is 1. The lowest BCUT2D eigenvalue weighted by Crippen LogP contribution is -2.35. The maximum Gasteiger partial charge on any atom is 0.279 e. The topological polar surface area (TPSA) is 81.0 Å². The van der Waals surface area contributed by atoms with E-state index in [1.807, 2.05) is 11.5 Å². The minimum atomic E-state index is -3.56. The summed E-state index contributed by atoms with van der Waals surface area (Å²) >= 11 is 13.9. The van der Waals surface area contributed by atoms with Crippen LogP contribution >= 0.6 is 34.5 Å². The smallest absolute Gasteiger partial charge is 0.279 e. The first kappa shape index (κ1) is 25.3. The van der Waals surface area contributed by atoms with Gasteiger partial charge in [-0.15, -0.1) is 0 Å². The molecule has 2 aromatic carbocycles. The number of piperidine rings is 1. The van der Waals surface area contributed by atoms with Crippen LogP contribution in [0.25, 0.3) is 10.2 Å². The first-order chi connectivity index (χ1) is 16.3. The van der Waals surface area contributed by atoms with Gasteiger partial charge >= 0.3 is 0 Å². The third-order valence-corrected chi connectivity index (χ3v) is 9.05. The van der Waals surface area contributed by atoms with Crippen molar-refractivity contribution in [3.63, 3.8) is 0 Å². The standard InChI is InChI=1S/C23H25Cl2N3O4S2/c1-2-32-13-12-28-21-19(25)14-17(24)15-20(21)33-23(28)26-22(29)16-6-8-18(9-7-16)34(30,31)27-10-4-3-5-11-27/h6-9,14-15H,2-5,10-13H2,1H3. The van der Waals surface area contributed by atoms with E-state index in [2.05, 4.69) is 4.99 Å². The summed E-state index contributed by atoms with van der Waals surface area (Å²) in [6.07, 6.45) is 2.77. The number of hydrogen-bond acceptors (Lipinski definition) is 5. The number of benzene rings is 2. The zero-order chi connectivity index (χ0) is 24.3. The number of thiazole rings is 1. The van der Waals surface area contributed by atoms with Crippen molar-refractivity contribution < 1.29 is 17.9 Å². The van der Waals surface area contributed by atoms with Crippen LogP contribution in [0.15, 0.2) is 46.3 Å². The van der Waals surface area contributed by atoms with Crippen molar-refractivity contribution in [1.82, 2.24) is 8.87 Å². The predicted octanol–water partition coefficient (Wildman–Crippen LogP) is 4.96. The molecule has 7 nitrogen and oxygen atoms in total. The Labute approximate surface area is 212 Å². The van der Waals surface area contributed by atoms with Crippen LogP contribution in [-0.4, -0.2) is 49.5 Å². The zero-order valence-corrected chi connectivity index (χ0v) is 21.8. The molecule has 1 saturated heterocycles. The van der Waals surface area contributed by atoms with Gasteiger partial charge in [0.1, 0.15) is 0 Å². The third kappa shape index (κ3) is 5.40. The van der Waals surface area contributed by atoms with Crippen molar-refractivity contribution in [2.75, 3.05) is 26.3 Å². The number of fused-ring (bicyclic) bond motifs is 1. The second-order valence-electron chi connectivity index (χ2n) is 7.87. The number of hydrogen-bond donors (Lipinski definition) is 0. The van der Waals surface area contributed by atoms with E-state index < -0.39 is 15.9 Å². The van der Waals surface area contributed by atoms with Gasteiger partial charge in [0.2, 0.25) is 10.0 Å². The second-order valence-corrected chi connectivity index (χ2v) is 11.7. The van der Waals surface area contributed by atoms with Crippen molar-refractivity contribution in [3.05, 3.63) is 56.8 Å². The summed E-state index contributed by atoms with van der Waals surface area (Å²) < 4.78 is 35.4. The summed E-state index contributed by atoms with van der Waals surface area (Å²) in [5.41, 5.74) is 1.04. The summed E-state index contributed by atoms with van der Waals surface area (Å²) in [6, 6.07) is 9.39. The van der Waals surface area contributed by atoms with E-state index in [0.717, 1.165) is 29.5 Å². The monoisotopic (exact) mass is 541 g/mol.